The lowest BCUT2D eigenvalue weighted by atomic mass is 9.91. The summed E-state index contributed by atoms with van der Waals surface area (Å²) in [5.74, 6) is 4.85. The van der Waals surface area contributed by atoms with Crippen LogP contribution in [0.4, 0.5) is 10.5 Å². The highest BCUT2D eigenvalue weighted by Crippen LogP contribution is 2.29. The van der Waals surface area contributed by atoms with Gasteiger partial charge in [-0.1, -0.05) is 24.6 Å². The van der Waals surface area contributed by atoms with Crippen molar-refractivity contribution in [1.82, 2.24) is 10.7 Å². The van der Waals surface area contributed by atoms with Crippen molar-refractivity contribution in [3.8, 4) is 0 Å². The monoisotopic (exact) mass is 336 g/mol. The van der Waals surface area contributed by atoms with Gasteiger partial charge in [0.05, 0.1) is 0 Å². The molecule has 0 saturated carbocycles. The Bertz CT molecular complexity index is 596. The van der Waals surface area contributed by atoms with E-state index in [1.165, 1.54) is 7.05 Å². The van der Waals surface area contributed by atoms with Crippen molar-refractivity contribution >= 4 is 17.7 Å². The lowest BCUT2D eigenvalue weighted by molar-refractivity contribution is -0.158. The molecule has 7 heteroatoms. The van der Waals surface area contributed by atoms with Crippen molar-refractivity contribution in [1.29, 1.82) is 0 Å². The number of nitrogens with two attached hydrogens (primary N) is 1. The maximum atomic E-state index is 12.4. The Morgan fingerprint density at radius 2 is 1.88 bits per heavy atom. The van der Waals surface area contributed by atoms with Crippen LogP contribution in [-0.2, 0) is 9.53 Å². The smallest absolute Gasteiger partial charge is 0.325 e. The highest BCUT2D eigenvalue weighted by Gasteiger charge is 2.31. The molecule has 0 bridgehead atoms. The summed E-state index contributed by atoms with van der Waals surface area (Å²) in [5.41, 5.74) is 4.36. The maximum absolute atomic E-state index is 12.4. The molecule has 2 amide bonds. The third kappa shape index (κ3) is 5.50. The highest BCUT2D eigenvalue weighted by molar-refractivity contribution is 5.90. The third-order valence-corrected chi connectivity index (χ3v) is 3.51. The number of nitrogens with one attached hydrogen (secondary N) is 3. The average Bonchev–Trinajstić information content (AvgIpc) is 2.47. The molecule has 0 saturated heterocycles. The lowest BCUT2D eigenvalue weighted by Gasteiger charge is -2.28. The minimum absolute atomic E-state index is 0.308. The Labute approximate surface area is 143 Å². The van der Waals surface area contributed by atoms with E-state index in [0.29, 0.717) is 5.69 Å². The number of ether oxygens (including phenoxy) is 1. The number of rotatable bonds is 5. The molecule has 1 rings (SSSR count). The van der Waals surface area contributed by atoms with Gasteiger partial charge in [0, 0.05) is 18.7 Å². The zero-order valence-electron chi connectivity index (χ0n) is 15.2. The van der Waals surface area contributed by atoms with Crippen LogP contribution < -0.4 is 21.9 Å². The van der Waals surface area contributed by atoms with E-state index in [1.54, 1.807) is 26.8 Å². The SMILES string of the molecule is CNC(=O)Nc1ccc(C)cc1C(C)C(NN)C(=O)OC(C)(C)C. The molecular weight excluding hydrogens is 308 g/mol. The first kappa shape index (κ1) is 19.9. The molecule has 5 N–H and O–H groups in total. The van der Waals surface area contributed by atoms with Crippen LogP contribution in [0, 0.1) is 6.92 Å². The molecule has 0 fully saturated rings. The van der Waals surface area contributed by atoms with Crippen molar-refractivity contribution in [3.63, 3.8) is 0 Å². The first-order valence-electron chi connectivity index (χ1n) is 7.87. The number of urea groups is 1. The van der Waals surface area contributed by atoms with Gasteiger partial charge in [0.15, 0.2) is 0 Å². The highest BCUT2D eigenvalue weighted by atomic mass is 16.6. The lowest BCUT2D eigenvalue weighted by Crippen LogP contribution is -2.47. The zero-order valence-corrected chi connectivity index (χ0v) is 15.2. The van der Waals surface area contributed by atoms with Crippen LogP contribution in [0.15, 0.2) is 18.2 Å². The summed E-state index contributed by atoms with van der Waals surface area (Å²) in [6.07, 6.45) is 0. The van der Waals surface area contributed by atoms with Gasteiger partial charge in [-0.05, 0) is 39.3 Å². The number of amides is 2. The maximum Gasteiger partial charge on any atom is 0.325 e. The molecular formula is C17H28N4O3. The number of hydrazine groups is 1. The number of aryl methyl sites for hydroxylation is 1. The molecule has 0 aliphatic carbocycles. The van der Waals surface area contributed by atoms with Gasteiger partial charge in [0.1, 0.15) is 11.6 Å². The summed E-state index contributed by atoms with van der Waals surface area (Å²) in [6.45, 7) is 9.20. The molecule has 0 spiro atoms. The van der Waals surface area contributed by atoms with Gasteiger partial charge in [-0.15, -0.1) is 0 Å². The van der Waals surface area contributed by atoms with Crippen molar-refractivity contribution in [2.45, 2.75) is 52.2 Å². The first-order valence-corrected chi connectivity index (χ1v) is 7.87. The molecule has 2 atom stereocenters. The second-order valence-corrected chi connectivity index (χ2v) is 6.76. The molecule has 134 valence electrons. The quantitative estimate of drug-likeness (QED) is 0.374. The largest absolute Gasteiger partial charge is 0.459 e. The summed E-state index contributed by atoms with van der Waals surface area (Å²) in [7, 11) is 1.54. The topological polar surface area (TPSA) is 105 Å². The molecule has 0 aliphatic rings. The van der Waals surface area contributed by atoms with E-state index in [2.05, 4.69) is 16.1 Å². The Kier molecular flexibility index (Phi) is 6.74. The van der Waals surface area contributed by atoms with Gasteiger partial charge in [0.25, 0.3) is 0 Å². The Morgan fingerprint density at radius 1 is 1.25 bits per heavy atom. The van der Waals surface area contributed by atoms with E-state index in [9.17, 15) is 9.59 Å². The molecule has 0 aromatic heterocycles. The standard InChI is InChI=1S/C17H28N4O3/c1-10-7-8-13(20-16(23)19-6)12(9-10)11(2)14(21-18)15(22)24-17(3,4)5/h7-9,11,14,21H,18H2,1-6H3,(H2,19,20,23). The van der Waals surface area contributed by atoms with Gasteiger partial charge in [-0.2, -0.15) is 0 Å². The number of esters is 1. The van der Waals surface area contributed by atoms with E-state index in [4.69, 9.17) is 10.6 Å². The van der Waals surface area contributed by atoms with Gasteiger partial charge >= 0.3 is 12.0 Å². The summed E-state index contributed by atoms with van der Waals surface area (Å²) in [5, 5.41) is 5.27. The van der Waals surface area contributed by atoms with Crippen LogP contribution in [0.5, 0.6) is 0 Å². The fraction of sp³-hybridized carbons (Fsp3) is 0.529. The Hall–Kier alpha value is -2.12. The second-order valence-electron chi connectivity index (χ2n) is 6.76. The summed E-state index contributed by atoms with van der Waals surface area (Å²) >= 11 is 0. The Morgan fingerprint density at radius 3 is 2.38 bits per heavy atom. The molecule has 1 aromatic rings. The fourth-order valence-corrected chi connectivity index (χ4v) is 2.32. The van der Waals surface area contributed by atoms with Crippen molar-refractivity contribution < 1.29 is 14.3 Å². The molecule has 7 nitrogen and oxygen atoms in total. The summed E-state index contributed by atoms with van der Waals surface area (Å²) < 4.78 is 5.42. The molecule has 0 heterocycles. The molecule has 0 radical (unpaired) electrons. The number of hydrogen-bond donors (Lipinski definition) is 4. The third-order valence-electron chi connectivity index (χ3n) is 3.51. The minimum Gasteiger partial charge on any atom is -0.459 e. The molecule has 0 aliphatic heterocycles. The van der Waals surface area contributed by atoms with Crippen LogP contribution in [0.3, 0.4) is 0 Å². The number of benzene rings is 1. The van der Waals surface area contributed by atoms with Crippen LogP contribution in [0.1, 0.15) is 44.7 Å². The zero-order chi connectivity index (χ0) is 18.5. The Balaban J connectivity index is 3.14. The summed E-state index contributed by atoms with van der Waals surface area (Å²) in [4.78, 5) is 24.1. The van der Waals surface area contributed by atoms with Crippen LogP contribution >= 0.6 is 0 Å². The van der Waals surface area contributed by atoms with E-state index in [0.717, 1.165) is 11.1 Å². The predicted molar refractivity (Wildman–Crippen MR) is 94.6 cm³/mol. The van der Waals surface area contributed by atoms with E-state index < -0.39 is 17.6 Å². The van der Waals surface area contributed by atoms with E-state index >= 15 is 0 Å². The van der Waals surface area contributed by atoms with Crippen LogP contribution in [0.25, 0.3) is 0 Å². The number of anilines is 1. The average molecular weight is 336 g/mol. The van der Waals surface area contributed by atoms with E-state index in [1.807, 2.05) is 26.0 Å². The number of hydrogen-bond acceptors (Lipinski definition) is 5. The normalized spacial score (nSPS) is 13.8. The van der Waals surface area contributed by atoms with Gasteiger partial charge in [-0.25, -0.2) is 10.2 Å². The molecule has 24 heavy (non-hydrogen) atoms. The molecule has 2 unspecified atom stereocenters. The van der Waals surface area contributed by atoms with Crippen LogP contribution in [-0.4, -0.2) is 30.7 Å². The predicted octanol–water partition coefficient (Wildman–Crippen LogP) is 2.02. The number of carbonyl (C=O) groups is 2. The van der Waals surface area contributed by atoms with E-state index in [-0.39, 0.29) is 11.9 Å². The fourth-order valence-electron chi connectivity index (χ4n) is 2.32. The first-order chi connectivity index (χ1) is 11.1. The number of carbonyl (C=O) groups excluding carboxylic acids is 2. The van der Waals surface area contributed by atoms with Gasteiger partial charge < -0.3 is 15.4 Å². The van der Waals surface area contributed by atoms with Crippen molar-refractivity contribution in [3.05, 3.63) is 29.3 Å². The van der Waals surface area contributed by atoms with Crippen molar-refractivity contribution in [2.75, 3.05) is 12.4 Å². The van der Waals surface area contributed by atoms with Crippen molar-refractivity contribution in [2.24, 2.45) is 5.84 Å². The summed E-state index contributed by atoms with van der Waals surface area (Å²) in [6, 6.07) is 4.54. The van der Waals surface area contributed by atoms with Gasteiger partial charge in [-0.3, -0.25) is 10.6 Å². The minimum atomic E-state index is -0.740. The second kappa shape index (κ2) is 8.12. The van der Waals surface area contributed by atoms with Crippen LogP contribution in [0.2, 0.25) is 0 Å². The molecule has 1 aromatic carbocycles. The van der Waals surface area contributed by atoms with Gasteiger partial charge in [0.2, 0.25) is 0 Å².